The topological polar surface area (TPSA) is 92.7 Å². The summed E-state index contributed by atoms with van der Waals surface area (Å²) in [4.78, 5) is 35.4. The van der Waals surface area contributed by atoms with E-state index in [2.05, 4.69) is 10.1 Å². The molecule has 0 radical (unpaired) electrons. The predicted octanol–water partition coefficient (Wildman–Crippen LogP) is 1.11. The smallest absolute Gasteiger partial charge is 0.328 e. The molecule has 0 aliphatic rings. The number of benzene rings is 2. The Labute approximate surface area is 145 Å². The fraction of sp³-hybridized carbons (Fsp3) is 0.211. The summed E-state index contributed by atoms with van der Waals surface area (Å²) in [5.74, 6) is -1.36. The van der Waals surface area contributed by atoms with Crippen LogP contribution in [0.1, 0.15) is 21.5 Å². The molecule has 0 aliphatic heterocycles. The molecule has 1 amide bonds. The number of esters is 1. The number of carbonyl (C=O) groups excluding carboxylic acids is 3. The highest BCUT2D eigenvalue weighted by Gasteiger charge is 2.21. The highest BCUT2D eigenvalue weighted by molar-refractivity contribution is 6.08. The number of rotatable bonds is 7. The quantitative estimate of drug-likeness (QED) is 0.581. The van der Waals surface area contributed by atoms with Crippen molar-refractivity contribution in [2.75, 3.05) is 13.7 Å². The average Bonchev–Trinajstić information content (AvgIpc) is 2.67. The summed E-state index contributed by atoms with van der Waals surface area (Å²) in [7, 11) is 1.22. The van der Waals surface area contributed by atoms with Crippen molar-refractivity contribution in [3.8, 4) is 0 Å². The van der Waals surface area contributed by atoms with Crippen LogP contribution in [-0.4, -0.2) is 42.5 Å². The number of amides is 1. The van der Waals surface area contributed by atoms with Crippen LogP contribution in [0, 0.1) is 0 Å². The van der Waals surface area contributed by atoms with Gasteiger partial charge in [0.2, 0.25) is 5.91 Å². The van der Waals surface area contributed by atoms with E-state index in [1.54, 1.807) is 48.5 Å². The van der Waals surface area contributed by atoms with Gasteiger partial charge in [-0.25, -0.2) is 4.79 Å². The lowest BCUT2D eigenvalue weighted by molar-refractivity contribution is -0.145. The summed E-state index contributed by atoms with van der Waals surface area (Å²) < 4.78 is 4.66. The molecule has 0 saturated carbocycles. The number of nitrogens with one attached hydrogen (secondary N) is 1. The third kappa shape index (κ3) is 4.99. The maximum absolute atomic E-state index is 12.4. The minimum Gasteiger partial charge on any atom is -0.467 e. The zero-order chi connectivity index (χ0) is 18.2. The Hall–Kier alpha value is -2.99. The molecule has 0 bridgehead atoms. The fourth-order valence-electron chi connectivity index (χ4n) is 2.36. The van der Waals surface area contributed by atoms with Crippen molar-refractivity contribution in [1.29, 1.82) is 0 Å². The molecular weight excluding hydrogens is 322 g/mol. The van der Waals surface area contributed by atoms with Crippen LogP contribution in [0.15, 0.2) is 54.6 Å². The summed E-state index contributed by atoms with van der Waals surface area (Å²) in [6, 6.07) is 14.8. The van der Waals surface area contributed by atoms with E-state index in [1.165, 1.54) is 7.11 Å². The van der Waals surface area contributed by atoms with Crippen molar-refractivity contribution >= 4 is 17.7 Å². The van der Waals surface area contributed by atoms with Gasteiger partial charge in [-0.05, 0) is 5.56 Å². The number of ketones is 1. The Bertz CT molecular complexity index is 740. The Balaban J connectivity index is 2.11. The van der Waals surface area contributed by atoms with E-state index >= 15 is 0 Å². The molecule has 25 heavy (non-hydrogen) atoms. The van der Waals surface area contributed by atoms with Crippen molar-refractivity contribution in [3.05, 3.63) is 71.3 Å². The molecule has 2 N–H and O–H groups in total. The molecule has 1 atom stereocenters. The molecular formula is C19H19NO5. The second-order valence-corrected chi connectivity index (χ2v) is 5.40. The van der Waals surface area contributed by atoms with Crippen LogP contribution >= 0.6 is 0 Å². The monoisotopic (exact) mass is 341 g/mol. The summed E-state index contributed by atoms with van der Waals surface area (Å²) >= 11 is 0. The molecule has 0 heterocycles. The molecule has 0 saturated heterocycles. The van der Waals surface area contributed by atoms with Gasteiger partial charge < -0.3 is 15.2 Å². The molecule has 0 fully saturated rings. The molecule has 0 aromatic heterocycles. The highest BCUT2D eigenvalue weighted by atomic mass is 16.5. The summed E-state index contributed by atoms with van der Waals surface area (Å²) in [5, 5.41) is 11.2. The maximum Gasteiger partial charge on any atom is 0.328 e. The number of aliphatic hydroxyl groups excluding tert-OH is 1. The van der Waals surface area contributed by atoms with Crippen molar-refractivity contribution < 1.29 is 24.2 Å². The Kier molecular flexibility index (Phi) is 6.42. The number of methoxy groups -OCH3 is 1. The highest BCUT2D eigenvalue weighted by Crippen LogP contribution is 2.12. The van der Waals surface area contributed by atoms with Gasteiger partial charge >= 0.3 is 5.97 Å². The summed E-state index contributed by atoms with van der Waals surface area (Å²) in [6.45, 7) is -0.710. The number of carbonyl (C=O) groups is 3. The molecule has 6 heteroatoms. The summed E-state index contributed by atoms with van der Waals surface area (Å²) in [6.07, 6.45) is 0.193. The molecule has 0 aliphatic carbocycles. The van der Waals surface area contributed by atoms with Gasteiger partial charge in [-0.3, -0.25) is 9.59 Å². The molecule has 0 spiro atoms. The van der Waals surface area contributed by atoms with E-state index in [0.29, 0.717) is 11.1 Å². The Morgan fingerprint density at radius 3 is 2.16 bits per heavy atom. The summed E-state index contributed by atoms with van der Waals surface area (Å²) in [5.41, 5.74) is 1.88. The minimum absolute atomic E-state index is 0.0924. The van der Waals surface area contributed by atoms with Gasteiger partial charge in [-0.2, -0.15) is 0 Å². The van der Waals surface area contributed by atoms with E-state index in [-0.39, 0.29) is 12.2 Å². The Morgan fingerprint density at radius 2 is 1.60 bits per heavy atom. The van der Waals surface area contributed by atoms with Crippen molar-refractivity contribution in [3.63, 3.8) is 0 Å². The van der Waals surface area contributed by atoms with Gasteiger partial charge in [-0.1, -0.05) is 54.6 Å². The van der Waals surface area contributed by atoms with Crippen LogP contribution < -0.4 is 5.32 Å². The van der Waals surface area contributed by atoms with Crippen LogP contribution in [0.5, 0.6) is 0 Å². The SMILES string of the molecule is COC(=O)[C@H](Cc1ccc(C(=O)c2ccccc2)cc1)NC(=O)CO. The van der Waals surface area contributed by atoms with Crippen LogP contribution in [0.25, 0.3) is 0 Å². The molecule has 0 unspecified atom stereocenters. The lowest BCUT2D eigenvalue weighted by atomic mass is 9.99. The number of hydrogen-bond donors (Lipinski definition) is 2. The van der Waals surface area contributed by atoms with Crippen molar-refractivity contribution in [2.24, 2.45) is 0 Å². The lowest BCUT2D eigenvalue weighted by Gasteiger charge is -2.16. The molecule has 2 aromatic carbocycles. The first-order valence-corrected chi connectivity index (χ1v) is 7.72. The van der Waals surface area contributed by atoms with Crippen molar-refractivity contribution in [2.45, 2.75) is 12.5 Å². The first-order chi connectivity index (χ1) is 12.0. The van der Waals surface area contributed by atoms with Gasteiger partial charge in [0.15, 0.2) is 5.78 Å². The second kappa shape index (κ2) is 8.75. The predicted molar refractivity (Wildman–Crippen MR) is 91.1 cm³/mol. The van der Waals surface area contributed by atoms with E-state index in [4.69, 9.17) is 5.11 Å². The van der Waals surface area contributed by atoms with Gasteiger partial charge in [-0.15, -0.1) is 0 Å². The van der Waals surface area contributed by atoms with Crippen LogP contribution in [0.4, 0.5) is 0 Å². The number of aliphatic hydroxyl groups is 1. The normalized spacial score (nSPS) is 11.4. The van der Waals surface area contributed by atoms with Gasteiger partial charge in [0.25, 0.3) is 0 Å². The average molecular weight is 341 g/mol. The minimum atomic E-state index is -0.902. The van der Waals surface area contributed by atoms with Gasteiger partial charge in [0.05, 0.1) is 7.11 Å². The van der Waals surface area contributed by atoms with Crippen LogP contribution in [0.3, 0.4) is 0 Å². The maximum atomic E-state index is 12.4. The lowest BCUT2D eigenvalue weighted by Crippen LogP contribution is -2.44. The second-order valence-electron chi connectivity index (χ2n) is 5.40. The van der Waals surface area contributed by atoms with E-state index in [0.717, 1.165) is 5.56 Å². The first kappa shape index (κ1) is 18.4. The van der Waals surface area contributed by atoms with Crippen LogP contribution in [-0.2, 0) is 20.7 Å². The molecule has 130 valence electrons. The zero-order valence-corrected chi connectivity index (χ0v) is 13.8. The number of hydrogen-bond acceptors (Lipinski definition) is 5. The zero-order valence-electron chi connectivity index (χ0n) is 13.8. The van der Waals surface area contributed by atoms with Gasteiger partial charge in [0.1, 0.15) is 12.6 Å². The number of ether oxygens (including phenoxy) is 1. The first-order valence-electron chi connectivity index (χ1n) is 7.72. The molecule has 6 nitrogen and oxygen atoms in total. The standard InChI is InChI=1S/C19H19NO5/c1-25-19(24)16(20-17(22)12-21)11-13-7-9-15(10-8-13)18(23)14-5-3-2-4-6-14/h2-10,16,21H,11-12H2,1H3,(H,20,22)/t16-/m0/s1. The third-order valence-electron chi connectivity index (χ3n) is 3.66. The molecule has 2 rings (SSSR count). The van der Waals surface area contributed by atoms with Crippen molar-refractivity contribution in [1.82, 2.24) is 5.32 Å². The third-order valence-corrected chi connectivity index (χ3v) is 3.66. The van der Waals surface area contributed by atoms with E-state index in [1.807, 2.05) is 6.07 Å². The van der Waals surface area contributed by atoms with E-state index < -0.39 is 24.5 Å². The van der Waals surface area contributed by atoms with E-state index in [9.17, 15) is 14.4 Å². The Morgan fingerprint density at radius 1 is 1.00 bits per heavy atom. The van der Waals surface area contributed by atoms with Gasteiger partial charge in [0, 0.05) is 17.5 Å². The van der Waals surface area contributed by atoms with Crippen LogP contribution in [0.2, 0.25) is 0 Å². The fourth-order valence-corrected chi connectivity index (χ4v) is 2.36. The molecule has 2 aromatic rings. The largest absolute Gasteiger partial charge is 0.467 e.